The fourth-order valence-electron chi connectivity index (χ4n) is 2.46. The molecule has 2 atom stereocenters. The molecule has 1 fully saturated rings. The Balaban J connectivity index is 2.10. The summed E-state index contributed by atoms with van der Waals surface area (Å²) in [5.41, 5.74) is 0. The molecule has 1 amide bonds. The van der Waals surface area contributed by atoms with Gasteiger partial charge in [0.1, 0.15) is 0 Å². The third-order valence-electron chi connectivity index (χ3n) is 3.27. The first kappa shape index (κ1) is 14.4. The van der Waals surface area contributed by atoms with Gasteiger partial charge in [0.05, 0.1) is 8.66 Å². The van der Waals surface area contributed by atoms with Crippen LogP contribution in [0.1, 0.15) is 42.3 Å². The van der Waals surface area contributed by atoms with Gasteiger partial charge in [0.2, 0.25) is 0 Å². The topological polar surface area (TPSA) is 20.3 Å². The van der Waals surface area contributed by atoms with Crippen LogP contribution >= 0.6 is 38.9 Å². The maximum absolute atomic E-state index is 12.5. The number of piperidine rings is 1. The Morgan fingerprint density at radius 1 is 1.61 bits per heavy atom. The molecule has 0 aromatic carbocycles. The van der Waals surface area contributed by atoms with Crippen LogP contribution in [-0.4, -0.2) is 28.8 Å². The van der Waals surface area contributed by atoms with Gasteiger partial charge in [-0.1, -0.05) is 0 Å². The fourth-order valence-corrected chi connectivity index (χ4v) is 4.01. The van der Waals surface area contributed by atoms with Gasteiger partial charge in [0.15, 0.2) is 0 Å². The van der Waals surface area contributed by atoms with Gasteiger partial charge in [0.25, 0.3) is 5.91 Å². The maximum atomic E-state index is 12.5. The lowest BCUT2D eigenvalue weighted by Gasteiger charge is -2.36. The Morgan fingerprint density at radius 2 is 2.39 bits per heavy atom. The third-order valence-corrected chi connectivity index (χ3v) is 5.06. The Labute approximate surface area is 125 Å². The molecule has 100 valence electrons. The van der Waals surface area contributed by atoms with Crippen molar-refractivity contribution >= 4 is 44.8 Å². The van der Waals surface area contributed by atoms with Crippen LogP contribution in [0.25, 0.3) is 0 Å². The number of likely N-dealkylation sites (tertiary alicyclic amines) is 1. The van der Waals surface area contributed by atoms with Gasteiger partial charge >= 0.3 is 0 Å². The first-order valence-corrected chi connectivity index (χ1v) is 8.33. The molecule has 1 aromatic heterocycles. The van der Waals surface area contributed by atoms with E-state index in [1.165, 1.54) is 17.8 Å². The smallest absolute Gasteiger partial charge is 0.264 e. The minimum absolute atomic E-state index is 0.124. The van der Waals surface area contributed by atoms with E-state index in [1.807, 2.05) is 24.0 Å². The number of nitrogens with zero attached hydrogens (tertiary/aromatic N) is 1. The first-order chi connectivity index (χ1) is 8.58. The Morgan fingerprint density at radius 3 is 3.00 bits per heavy atom. The van der Waals surface area contributed by atoms with Crippen molar-refractivity contribution in [2.45, 2.75) is 44.0 Å². The Bertz CT molecular complexity index is 421. The predicted molar refractivity (Wildman–Crippen MR) is 80.6 cm³/mol. The summed E-state index contributed by atoms with van der Waals surface area (Å²) < 4.78 is 1.00. The van der Waals surface area contributed by atoms with E-state index in [0.717, 1.165) is 34.5 Å². The molecule has 2 heterocycles. The molecule has 0 bridgehead atoms. The number of hydrogen-bond donors (Lipinski definition) is 0. The quantitative estimate of drug-likeness (QED) is 0.734. The van der Waals surface area contributed by atoms with Gasteiger partial charge in [-0.05, 0) is 60.7 Å². The van der Waals surface area contributed by atoms with E-state index in [2.05, 4.69) is 15.9 Å². The van der Waals surface area contributed by atoms with Crippen LogP contribution < -0.4 is 0 Å². The summed E-state index contributed by atoms with van der Waals surface area (Å²) >= 11 is 11.0. The number of halogens is 2. The summed E-state index contributed by atoms with van der Waals surface area (Å²) in [6, 6.07) is 4.13. The highest BCUT2D eigenvalue weighted by Crippen LogP contribution is 2.28. The zero-order valence-electron chi connectivity index (χ0n) is 10.4. The van der Waals surface area contributed by atoms with Gasteiger partial charge in [-0.3, -0.25) is 4.79 Å². The molecule has 0 aliphatic carbocycles. The number of carbonyl (C=O) groups excluding carboxylic acids is 1. The van der Waals surface area contributed by atoms with E-state index in [-0.39, 0.29) is 11.3 Å². The lowest BCUT2D eigenvalue weighted by molar-refractivity contribution is 0.0607. The van der Waals surface area contributed by atoms with Crippen LogP contribution in [0.5, 0.6) is 0 Å². The van der Waals surface area contributed by atoms with Crippen molar-refractivity contribution in [3.8, 4) is 0 Å². The molecule has 0 saturated carbocycles. The van der Waals surface area contributed by atoms with Crippen molar-refractivity contribution in [2.75, 3.05) is 6.54 Å². The van der Waals surface area contributed by atoms with E-state index >= 15 is 0 Å². The minimum atomic E-state index is 0.124. The highest BCUT2D eigenvalue weighted by molar-refractivity contribution is 9.11. The second-order valence-corrected chi connectivity index (χ2v) is 7.98. The van der Waals surface area contributed by atoms with Crippen molar-refractivity contribution < 1.29 is 4.79 Å². The standard InChI is InChI=1S/C13H17BrClNOS/c1-9(15)8-10-4-2-3-7-16(10)13(17)11-5-6-12(14)18-11/h5-6,9-10H,2-4,7-8H2,1H3. The van der Waals surface area contributed by atoms with E-state index in [4.69, 9.17) is 11.6 Å². The normalized spacial score (nSPS) is 21.9. The number of amides is 1. The van der Waals surface area contributed by atoms with Crippen molar-refractivity contribution in [1.29, 1.82) is 0 Å². The highest BCUT2D eigenvalue weighted by Gasteiger charge is 2.28. The third kappa shape index (κ3) is 3.49. The monoisotopic (exact) mass is 349 g/mol. The molecule has 2 unspecified atom stereocenters. The Kier molecular flexibility index (Phi) is 5.10. The van der Waals surface area contributed by atoms with E-state index < -0.39 is 0 Å². The van der Waals surface area contributed by atoms with Gasteiger partial charge in [-0.2, -0.15) is 0 Å². The van der Waals surface area contributed by atoms with Crippen molar-refractivity contribution in [3.05, 3.63) is 20.8 Å². The number of thiophene rings is 1. The average molecular weight is 351 g/mol. The maximum Gasteiger partial charge on any atom is 0.264 e. The molecule has 1 saturated heterocycles. The van der Waals surface area contributed by atoms with Crippen LogP contribution in [0.3, 0.4) is 0 Å². The predicted octanol–water partition coefficient (Wildman–Crippen LogP) is 4.52. The van der Waals surface area contributed by atoms with Crippen molar-refractivity contribution in [3.63, 3.8) is 0 Å². The van der Waals surface area contributed by atoms with Crippen molar-refractivity contribution in [2.24, 2.45) is 0 Å². The van der Waals surface area contributed by atoms with E-state index in [0.29, 0.717) is 6.04 Å². The van der Waals surface area contributed by atoms with Crippen molar-refractivity contribution in [1.82, 2.24) is 4.90 Å². The lowest BCUT2D eigenvalue weighted by Crippen LogP contribution is -2.44. The Hall–Kier alpha value is -0.0600. The van der Waals surface area contributed by atoms with Crippen LogP contribution in [0.15, 0.2) is 15.9 Å². The largest absolute Gasteiger partial charge is 0.335 e. The number of carbonyl (C=O) groups is 1. The second-order valence-electron chi connectivity index (χ2n) is 4.77. The summed E-state index contributed by atoms with van der Waals surface area (Å²) in [6.45, 7) is 2.86. The van der Waals surface area contributed by atoms with Crippen LogP contribution in [0.2, 0.25) is 0 Å². The summed E-state index contributed by atoms with van der Waals surface area (Å²) in [4.78, 5) is 15.3. The molecule has 0 radical (unpaired) electrons. The SMILES string of the molecule is CC(Cl)CC1CCCCN1C(=O)c1ccc(Br)s1. The van der Waals surface area contributed by atoms with Gasteiger partial charge in [-0.15, -0.1) is 22.9 Å². The molecule has 5 heteroatoms. The fraction of sp³-hybridized carbons (Fsp3) is 0.615. The average Bonchev–Trinajstić information content (AvgIpc) is 2.75. The number of hydrogen-bond acceptors (Lipinski definition) is 2. The molecule has 0 N–H and O–H groups in total. The summed E-state index contributed by atoms with van der Waals surface area (Å²) in [5, 5.41) is 0.124. The van der Waals surface area contributed by atoms with Crippen LogP contribution in [0, 0.1) is 0 Å². The number of alkyl halides is 1. The molecule has 2 rings (SSSR count). The van der Waals surface area contributed by atoms with E-state index in [1.54, 1.807) is 0 Å². The molecule has 0 spiro atoms. The zero-order chi connectivity index (χ0) is 13.1. The molecular weight excluding hydrogens is 334 g/mol. The van der Waals surface area contributed by atoms with Gasteiger partial charge < -0.3 is 4.90 Å². The van der Waals surface area contributed by atoms with Crippen LogP contribution in [-0.2, 0) is 0 Å². The molecule has 2 nitrogen and oxygen atoms in total. The van der Waals surface area contributed by atoms with Crippen LogP contribution in [0.4, 0.5) is 0 Å². The minimum Gasteiger partial charge on any atom is -0.335 e. The lowest BCUT2D eigenvalue weighted by atomic mass is 9.98. The molecule has 1 aliphatic heterocycles. The van der Waals surface area contributed by atoms with E-state index in [9.17, 15) is 4.79 Å². The summed E-state index contributed by atoms with van der Waals surface area (Å²) in [5.74, 6) is 0.160. The first-order valence-electron chi connectivity index (χ1n) is 6.28. The highest BCUT2D eigenvalue weighted by atomic mass is 79.9. The van der Waals surface area contributed by atoms with Gasteiger partial charge in [-0.25, -0.2) is 0 Å². The summed E-state index contributed by atoms with van der Waals surface area (Å²) in [7, 11) is 0. The zero-order valence-corrected chi connectivity index (χ0v) is 13.5. The number of rotatable bonds is 3. The molecular formula is C13H17BrClNOS. The molecule has 18 heavy (non-hydrogen) atoms. The molecule has 1 aliphatic rings. The van der Waals surface area contributed by atoms with Gasteiger partial charge in [0, 0.05) is 18.0 Å². The summed E-state index contributed by atoms with van der Waals surface area (Å²) in [6.07, 6.45) is 4.27. The molecule has 1 aromatic rings. The second kappa shape index (κ2) is 6.40.